The normalized spacial score (nSPS) is 13.4. The fraction of sp³-hybridized carbons (Fsp3) is 0.200. The molecule has 1 N–H and O–H groups in total. The molecule has 0 spiro atoms. The van der Waals surface area contributed by atoms with Gasteiger partial charge < -0.3 is 5.32 Å². The molecule has 0 fully saturated rings. The first-order valence-electron chi connectivity index (χ1n) is 10.0. The molecule has 0 unspecified atom stereocenters. The van der Waals surface area contributed by atoms with Crippen LogP contribution in [0.15, 0.2) is 57.8 Å². The minimum absolute atomic E-state index is 0.0285. The Balaban J connectivity index is 1.46. The molecule has 0 saturated carbocycles. The SMILES string of the molecule is Cc1cc(C)c(CNC(=O)C2=CC(Cc3ccc4ncc(Cl)cc4c3)=CI=C2)c(C)n1. The Morgan fingerprint density at radius 2 is 2.00 bits per heavy atom. The quantitative estimate of drug-likeness (QED) is 0.422. The van der Waals surface area contributed by atoms with Crippen LogP contribution < -0.4 is 5.32 Å². The number of nitrogens with one attached hydrogen (secondary N) is 1. The van der Waals surface area contributed by atoms with Crippen molar-refractivity contribution in [1.29, 1.82) is 0 Å². The van der Waals surface area contributed by atoms with Gasteiger partial charge in [0.05, 0.1) is 10.5 Å². The van der Waals surface area contributed by atoms with Gasteiger partial charge in [-0.2, -0.15) is 0 Å². The van der Waals surface area contributed by atoms with Gasteiger partial charge in [-0.05, 0) is 87.9 Å². The van der Waals surface area contributed by atoms with Crippen molar-refractivity contribution in [3.05, 3.63) is 90.9 Å². The van der Waals surface area contributed by atoms with Crippen molar-refractivity contribution in [2.75, 3.05) is 0 Å². The van der Waals surface area contributed by atoms with Gasteiger partial charge in [-0.25, -0.2) is 0 Å². The molecule has 2 aromatic heterocycles. The third-order valence-corrected chi connectivity index (χ3v) is 7.61. The largest absolute Gasteiger partial charge is 0.348 e. The number of fused-ring (bicyclic) bond motifs is 1. The zero-order chi connectivity index (χ0) is 22.0. The summed E-state index contributed by atoms with van der Waals surface area (Å²) in [5.41, 5.74) is 8.26. The minimum atomic E-state index is -0.284. The highest BCUT2D eigenvalue weighted by Gasteiger charge is 2.13. The van der Waals surface area contributed by atoms with E-state index in [2.05, 4.69) is 48.5 Å². The second kappa shape index (κ2) is 9.40. The number of carbonyl (C=O) groups is 1. The molecule has 0 saturated heterocycles. The average Bonchev–Trinajstić information content (AvgIpc) is 2.72. The molecule has 3 heterocycles. The van der Waals surface area contributed by atoms with Crippen molar-refractivity contribution < 1.29 is 4.79 Å². The lowest BCUT2D eigenvalue weighted by Crippen LogP contribution is -2.26. The summed E-state index contributed by atoms with van der Waals surface area (Å²) in [4.78, 5) is 21.7. The number of hydrogen-bond donors (Lipinski definition) is 1. The lowest BCUT2D eigenvalue weighted by atomic mass is 10.0. The maximum Gasteiger partial charge on any atom is 0.252 e. The molecule has 4 rings (SSSR count). The van der Waals surface area contributed by atoms with E-state index in [-0.39, 0.29) is 26.6 Å². The Bertz CT molecular complexity index is 1250. The summed E-state index contributed by atoms with van der Waals surface area (Å²) in [5, 5.41) is 4.74. The van der Waals surface area contributed by atoms with Crippen LogP contribution >= 0.6 is 32.3 Å². The number of nitrogens with zero attached hydrogens (tertiary/aromatic N) is 2. The molecule has 1 aliphatic rings. The maximum absolute atomic E-state index is 12.8. The third-order valence-electron chi connectivity index (χ3n) is 5.22. The van der Waals surface area contributed by atoms with Crippen molar-refractivity contribution in [3.63, 3.8) is 0 Å². The number of rotatable bonds is 5. The summed E-state index contributed by atoms with van der Waals surface area (Å²) >= 11 is 5.80. The van der Waals surface area contributed by atoms with Gasteiger partial charge in [0.1, 0.15) is 0 Å². The lowest BCUT2D eigenvalue weighted by molar-refractivity contribution is -0.117. The van der Waals surface area contributed by atoms with E-state index in [1.165, 1.54) is 11.1 Å². The number of hydrogen-bond acceptors (Lipinski definition) is 3. The molecule has 0 radical (unpaired) electrons. The molecule has 31 heavy (non-hydrogen) atoms. The summed E-state index contributed by atoms with van der Waals surface area (Å²) in [6, 6.07) is 10.2. The molecular formula is C25H23ClIN3O. The first-order chi connectivity index (χ1) is 14.9. The Morgan fingerprint density at radius 1 is 1.16 bits per heavy atom. The standard InChI is InChI=1S/C25H23ClIN3O/c1-15-6-16(2)30-17(3)23(15)14-29-25(31)21-9-19(11-27-12-21)7-18-4-5-24-20(8-18)10-22(26)13-28-24/h4-6,8-13H,7,14H2,1-3H3,(H,29,31). The number of halogens is 2. The van der Waals surface area contributed by atoms with E-state index in [0.717, 1.165) is 45.4 Å². The van der Waals surface area contributed by atoms with Gasteiger partial charge in [0.25, 0.3) is 5.91 Å². The number of carbonyl (C=O) groups excluding carboxylic acids is 1. The van der Waals surface area contributed by atoms with E-state index in [1.807, 2.05) is 32.1 Å². The second-order valence-corrected chi connectivity index (χ2v) is 10.1. The van der Waals surface area contributed by atoms with Crippen LogP contribution in [0.25, 0.3) is 10.9 Å². The summed E-state index contributed by atoms with van der Waals surface area (Å²) < 4.78 is 4.35. The van der Waals surface area contributed by atoms with Gasteiger partial charge in [0.2, 0.25) is 0 Å². The van der Waals surface area contributed by atoms with Gasteiger partial charge in [-0.1, -0.05) is 38.4 Å². The van der Waals surface area contributed by atoms with E-state index >= 15 is 0 Å². The van der Waals surface area contributed by atoms with E-state index < -0.39 is 0 Å². The van der Waals surface area contributed by atoms with Crippen LogP contribution in [0, 0.1) is 20.8 Å². The molecule has 0 aliphatic carbocycles. The van der Waals surface area contributed by atoms with Crippen LogP contribution in [0.2, 0.25) is 5.02 Å². The molecule has 6 heteroatoms. The van der Waals surface area contributed by atoms with Crippen LogP contribution in [0.3, 0.4) is 0 Å². The van der Waals surface area contributed by atoms with Gasteiger partial charge in [0.15, 0.2) is 0 Å². The summed E-state index contributed by atoms with van der Waals surface area (Å²) in [6.45, 7) is 6.53. The molecule has 0 bridgehead atoms. The molecule has 0 atom stereocenters. The fourth-order valence-electron chi connectivity index (χ4n) is 3.74. The van der Waals surface area contributed by atoms with E-state index in [1.54, 1.807) is 6.20 Å². The number of aryl methyl sites for hydroxylation is 3. The monoisotopic (exact) mass is 543 g/mol. The van der Waals surface area contributed by atoms with Gasteiger partial charge in [0, 0.05) is 35.1 Å². The van der Waals surface area contributed by atoms with Gasteiger partial charge in [-0.15, -0.1) is 0 Å². The Labute approximate surface area is 197 Å². The predicted molar refractivity (Wildman–Crippen MR) is 137 cm³/mol. The number of allylic oxidation sites excluding steroid dienone is 2. The molecule has 1 aliphatic heterocycles. The Morgan fingerprint density at radius 3 is 2.81 bits per heavy atom. The first kappa shape index (κ1) is 21.8. The lowest BCUT2D eigenvalue weighted by Gasteiger charge is -2.13. The minimum Gasteiger partial charge on any atom is -0.348 e. The molecule has 4 nitrogen and oxygen atoms in total. The van der Waals surface area contributed by atoms with Crippen molar-refractivity contribution in [1.82, 2.24) is 15.3 Å². The highest BCUT2D eigenvalue weighted by atomic mass is 127. The van der Waals surface area contributed by atoms with E-state index in [4.69, 9.17) is 11.6 Å². The van der Waals surface area contributed by atoms with Crippen molar-refractivity contribution in [2.24, 2.45) is 0 Å². The van der Waals surface area contributed by atoms with Crippen LogP contribution in [-0.2, 0) is 17.8 Å². The Kier molecular flexibility index (Phi) is 6.62. The number of aromatic nitrogens is 2. The van der Waals surface area contributed by atoms with Crippen molar-refractivity contribution >= 4 is 53.2 Å². The Hall–Kier alpha value is -2.38. The fourth-order valence-corrected chi connectivity index (χ4v) is 5.79. The molecule has 158 valence electrons. The molecular weight excluding hydrogens is 521 g/mol. The summed E-state index contributed by atoms with van der Waals surface area (Å²) in [7, 11) is 0. The van der Waals surface area contributed by atoms with Crippen LogP contribution in [-0.4, -0.2) is 19.9 Å². The van der Waals surface area contributed by atoms with Gasteiger partial charge >= 0.3 is 0 Å². The average molecular weight is 544 g/mol. The zero-order valence-electron chi connectivity index (χ0n) is 17.7. The second-order valence-electron chi connectivity index (χ2n) is 7.70. The third kappa shape index (κ3) is 5.28. The predicted octanol–water partition coefficient (Wildman–Crippen LogP) is 5.66. The van der Waals surface area contributed by atoms with E-state index in [9.17, 15) is 4.79 Å². The highest BCUT2D eigenvalue weighted by molar-refractivity contribution is 14.2. The molecule has 1 amide bonds. The number of amides is 1. The highest BCUT2D eigenvalue weighted by Crippen LogP contribution is 2.24. The van der Waals surface area contributed by atoms with Crippen LogP contribution in [0.1, 0.15) is 28.1 Å². The molecule has 1 aromatic carbocycles. The number of pyridine rings is 2. The number of benzene rings is 1. The van der Waals surface area contributed by atoms with Crippen molar-refractivity contribution in [2.45, 2.75) is 33.7 Å². The van der Waals surface area contributed by atoms with E-state index in [0.29, 0.717) is 11.6 Å². The van der Waals surface area contributed by atoms with Gasteiger partial charge in [-0.3, -0.25) is 14.8 Å². The van der Waals surface area contributed by atoms with Crippen LogP contribution in [0.5, 0.6) is 0 Å². The van der Waals surface area contributed by atoms with Crippen LogP contribution in [0.4, 0.5) is 0 Å². The first-order valence-corrected chi connectivity index (χ1v) is 12.9. The summed E-state index contributed by atoms with van der Waals surface area (Å²) in [6.07, 6.45) is 4.45. The topological polar surface area (TPSA) is 54.9 Å². The maximum atomic E-state index is 12.8. The zero-order valence-corrected chi connectivity index (χ0v) is 20.6. The summed E-state index contributed by atoms with van der Waals surface area (Å²) in [5.74, 6) is -0.0285. The van der Waals surface area contributed by atoms with Crippen molar-refractivity contribution in [3.8, 4) is 0 Å². The molecule has 3 aromatic rings. The smallest absolute Gasteiger partial charge is 0.252 e.